The highest BCUT2D eigenvalue weighted by Crippen LogP contribution is 2.55. The van der Waals surface area contributed by atoms with Crippen molar-refractivity contribution in [1.29, 1.82) is 0 Å². The minimum Gasteiger partial charge on any atom is -0.466 e. The van der Waals surface area contributed by atoms with E-state index in [2.05, 4.69) is 20.6 Å². The number of likely N-dealkylation sites (tertiary alicyclic amines) is 1. The molecular weight excluding hydrogens is 531 g/mol. The summed E-state index contributed by atoms with van der Waals surface area (Å²) >= 11 is 1.46. The van der Waals surface area contributed by atoms with Crippen LogP contribution in [-0.4, -0.2) is 71.9 Å². The van der Waals surface area contributed by atoms with Crippen molar-refractivity contribution >= 4 is 29.0 Å². The van der Waals surface area contributed by atoms with Gasteiger partial charge in [0.2, 0.25) is 0 Å². The number of benzene rings is 1. The molecule has 1 amide bonds. The number of hydrogen-bond acceptors (Lipinski definition) is 9. The first-order chi connectivity index (χ1) is 19.1. The van der Waals surface area contributed by atoms with E-state index in [9.17, 15) is 14.0 Å². The number of aromatic nitrogens is 1. The molecule has 5 rings (SSSR count). The maximum Gasteiger partial charge on any atom is 0.338 e. The molecule has 40 heavy (non-hydrogen) atoms. The number of carbonyl (C=O) groups is 2. The summed E-state index contributed by atoms with van der Waals surface area (Å²) in [6, 6.07) is 3.43. The predicted molar refractivity (Wildman–Crippen MR) is 152 cm³/mol. The second kappa shape index (κ2) is 11.0. The number of ether oxygens (including phenoxy) is 1. The first-order valence-corrected chi connectivity index (χ1v) is 14.5. The van der Waals surface area contributed by atoms with Crippen molar-refractivity contribution in [3.05, 3.63) is 62.5 Å². The average Bonchev–Trinajstić information content (AvgIpc) is 3.35. The number of methoxy groups -OCH3 is 1. The Bertz CT molecular complexity index is 1380. The lowest BCUT2D eigenvalue weighted by atomic mass is 9.92. The third kappa shape index (κ3) is 5.42. The summed E-state index contributed by atoms with van der Waals surface area (Å²) in [6.45, 7) is 8.78. The Morgan fingerprint density at radius 3 is 2.65 bits per heavy atom. The Kier molecular flexibility index (Phi) is 7.82. The molecule has 0 bridgehead atoms. The Morgan fingerprint density at radius 1 is 1.32 bits per heavy atom. The fraction of sp³-hybridized carbons (Fsp3) is 0.517. The van der Waals surface area contributed by atoms with Crippen LogP contribution in [0.4, 0.5) is 4.39 Å². The molecular formula is C29H37FN6O3S. The number of hydrogen-bond donors (Lipinski definition) is 2. The molecule has 3 heterocycles. The molecule has 1 spiro atoms. The van der Waals surface area contributed by atoms with Crippen LogP contribution in [0.1, 0.15) is 61.0 Å². The molecule has 9 nitrogen and oxygen atoms in total. The van der Waals surface area contributed by atoms with Crippen molar-refractivity contribution in [3.63, 3.8) is 0 Å². The van der Waals surface area contributed by atoms with E-state index in [-0.39, 0.29) is 29.2 Å². The minimum absolute atomic E-state index is 0.00883. The van der Waals surface area contributed by atoms with Gasteiger partial charge in [0, 0.05) is 43.0 Å². The lowest BCUT2D eigenvalue weighted by molar-refractivity contribution is -0.140. The van der Waals surface area contributed by atoms with Crippen LogP contribution in [0.5, 0.6) is 0 Å². The lowest BCUT2D eigenvalue weighted by Crippen LogP contribution is -2.54. The van der Waals surface area contributed by atoms with Crippen molar-refractivity contribution in [2.24, 2.45) is 10.4 Å². The number of aryl methyl sites for hydroxylation is 2. The molecule has 1 aliphatic carbocycles. The van der Waals surface area contributed by atoms with E-state index < -0.39 is 12.0 Å². The number of amidine groups is 1. The summed E-state index contributed by atoms with van der Waals surface area (Å²) in [5, 5.41) is 7.72. The fourth-order valence-electron chi connectivity index (χ4n) is 5.89. The van der Waals surface area contributed by atoms with Crippen molar-refractivity contribution in [2.75, 3.05) is 27.2 Å². The fourth-order valence-corrected chi connectivity index (χ4v) is 6.64. The largest absolute Gasteiger partial charge is 0.466 e. The minimum atomic E-state index is -0.723. The summed E-state index contributed by atoms with van der Waals surface area (Å²) in [5.41, 5.74) is 6.41. The van der Waals surface area contributed by atoms with Crippen LogP contribution in [-0.2, 0) is 14.3 Å². The molecule has 2 atom stereocenters. The summed E-state index contributed by atoms with van der Waals surface area (Å²) in [7, 11) is 3.11. The molecule has 2 aromatic rings. The van der Waals surface area contributed by atoms with Crippen molar-refractivity contribution < 1.29 is 18.7 Å². The zero-order valence-corrected chi connectivity index (χ0v) is 24.7. The van der Waals surface area contributed by atoms with Gasteiger partial charge in [0.25, 0.3) is 5.91 Å². The van der Waals surface area contributed by atoms with Crippen LogP contribution >= 0.6 is 11.3 Å². The number of amides is 1. The lowest BCUT2D eigenvalue weighted by Gasteiger charge is -2.34. The van der Waals surface area contributed by atoms with E-state index in [0.717, 1.165) is 31.5 Å². The standard InChI is InChI=1S/C29H37FN6O3S/c1-16(2)36(31-5)27(37)22-12-29(9-10-29)15-35(22)13-21-23(28(38)39-6)24(20-8-7-19(30)11-17(20)3)34-25(33-21)26-32-18(4)14-40-26/h7-8,11,14,16,22,24,31H,9-10,12-13,15H2,1-6H3,(H,33,34)/t22?,24-/m0/s1. The summed E-state index contributed by atoms with van der Waals surface area (Å²) in [5.74, 6) is -0.313. The molecule has 3 aliphatic rings. The second-order valence-corrected chi connectivity index (χ2v) is 12.2. The molecule has 2 N–H and O–H groups in total. The van der Waals surface area contributed by atoms with Crippen LogP contribution in [0, 0.1) is 25.1 Å². The normalized spacial score (nSPS) is 21.9. The molecule has 1 aromatic carbocycles. The first kappa shape index (κ1) is 28.4. The third-order valence-electron chi connectivity index (χ3n) is 8.08. The van der Waals surface area contributed by atoms with Gasteiger partial charge in [-0.1, -0.05) is 6.07 Å². The molecule has 1 aromatic heterocycles. The number of carbonyl (C=O) groups excluding carboxylic acids is 2. The van der Waals surface area contributed by atoms with E-state index >= 15 is 0 Å². The first-order valence-electron chi connectivity index (χ1n) is 13.6. The zero-order valence-electron chi connectivity index (χ0n) is 23.9. The van der Waals surface area contributed by atoms with Gasteiger partial charge in [0.05, 0.1) is 18.7 Å². The number of halogens is 1. The topological polar surface area (TPSA) is 99.2 Å². The van der Waals surface area contributed by atoms with Crippen molar-refractivity contribution in [1.82, 2.24) is 25.6 Å². The highest BCUT2D eigenvalue weighted by Gasteiger charge is 2.55. The summed E-state index contributed by atoms with van der Waals surface area (Å²) in [6.07, 6.45) is 2.96. The number of esters is 1. The molecule has 214 valence electrons. The quantitative estimate of drug-likeness (QED) is 0.371. The molecule has 1 saturated carbocycles. The van der Waals surface area contributed by atoms with E-state index in [1.165, 1.54) is 30.6 Å². The number of rotatable bonds is 8. The smallest absolute Gasteiger partial charge is 0.338 e. The highest BCUT2D eigenvalue weighted by atomic mass is 32.1. The number of nitrogens with one attached hydrogen (secondary N) is 2. The maximum atomic E-state index is 14.1. The highest BCUT2D eigenvalue weighted by molar-refractivity contribution is 7.11. The summed E-state index contributed by atoms with van der Waals surface area (Å²) in [4.78, 5) is 38.9. The van der Waals surface area contributed by atoms with Gasteiger partial charge < -0.3 is 10.1 Å². The zero-order chi connectivity index (χ0) is 28.8. The van der Waals surface area contributed by atoms with E-state index in [0.29, 0.717) is 39.8 Å². The number of aliphatic imine (C=N–C) groups is 1. The van der Waals surface area contributed by atoms with E-state index in [1.54, 1.807) is 18.1 Å². The van der Waals surface area contributed by atoms with Crippen LogP contribution in [0.3, 0.4) is 0 Å². The molecule has 1 unspecified atom stereocenters. The van der Waals surface area contributed by atoms with Crippen LogP contribution in [0.15, 0.2) is 39.8 Å². The van der Waals surface area contributed by atoms with Crippen molar-refractivity contribution in [2.45, 2.75) is 65.1 Å². The predicted octanol–water partition coefficient (Wildman–Crippen LogP) is 3.64. The Balaban J connectivity index is 1.59. The Morgan fingerprint density at radius 2 is 2.08 bits per heavy atom. The Hall–Kier alpha value is -3.15. The van der Waals surface area contributed by atoms with E-state index in [4.69, 9.17) is 9.73 Å². The van der Waals surface area contributed by atoms with Gasteiger partial charge in [-0.15, -0.1) is 11.3 Å². The van der Waals surface area contributed by atoms with Gasteiger partial charge in [-0.2, -0.15) is 0 Å². The monoisotopic (exact) mass is 568 g/mol. The number of thiazole rings is 1. The van der Waals surface area contributed by atoms with Crippen molar-refractivity contribution in [3.8, 4) is 0 Å². The SMILES string of the molecule is CNN(C(=O)C1CC2(CC2)CN1CC1=C(C(=O)OC)[C@H](c2ccc(F)cc2C)N=C(c2nc(C)cs2)N1)C(C)C. The van der Waals surface area contributed by atoms with Crippen LogP contribution in [0.25, 0.3) is 0 Å². The maximum absolute atomic E-state index is 14.1. The van der Waals surface area contributed by atoms with Gasteiger partial charge in [-0.25, -0.2) is 19.6 Å². The third-order valence-corrected chi connectivity index (χ3v) is 9.05. The van der Waals surface area contributed by atoms with Crippen LogP contribution in [0.2, 0.25) is 0 Å². The van der Waals surface area contributed by atoms with Gasteiger partial charge in [0.1, 0.15) is 11.9 Å². The summed E-state index contributed by atoms with van der Waals surface area (Å²) < 4.78 is 19.3. The van der Waals surface area contributed by atoms with Gasteiger partial charge in [-0.05, 0) is 75.6 Å². The molecule has 0 radical (unpaired) electrons. The Labute approximate surface area is 238 Å². The molecule has 2 fully saturated rings. The average molecular weight is 569 g/mol. The van der Waals surface area contributed by atoms with Gasteiger partial charge >= 0.3 is 5.97 Å². The van der Waals surface area contributed by atoms with E-state index in [1.807, 2.05) is 33.1 Å². The number of nitrogens with zero attached hydrogens (tertiary/aromatic N) is 4. The van der Waals surface area contributed by atoms with Gasteiger partial charge in [0.15, 0.2) is 10.8 Å². The van der Waals surface area contributed by atoms with Gasteiger partial charge in [-0.3, -0.25) is 19.7 Å². The second-order valence-electron chi connectivity index (χ2n) is 11.3. The number of hydrazine groups is 1. The molecule has 11 heteroatoms. The molecule has 1 saturated heterocycles. The molecule has 2 aliphatic heterocycles. The van der Waals surface area contributed by atoms with Crippen LogP contribution < -0.4 is 10.7 Å².